The third-order valence-electron chi connectivity index (χ3n) is 5.91. The van der Waals surface area contributed by atoms with E-state index in [0.717, 1.165) is 5.56 Å². The van der Waals surface area contributed by atoms with Crippen molar-refractivity contribution < 1.29 is 15.0 Å². The quantitative estimate of drug-likeness (QED) is 0.167. The molecule has 34 heavy (non-hydrogen) atoms. The molecule has 0 aromatic heterocycles. The van der Waals surface area contributed by atoms with E-state index in [1.54, 1.807) is 42.5 Å². The number of phenolic OH excluding ortho intramolecular Hbond substituents is 1. The van der Waals surface area contributed by atoms with Crippen molar-refractivity contribution in [3.8, 4) is 5.75 Å². The van der Waals surface area contributed by atoms with Crippen LogP contribution in [-0.4, -0.2) is 46.6 Å². The predicted octanol–water partition coefficient (Wildman–Crippen LogP) is 3.29. The Hall–Kier alpha value is -3.69. The molecule has 6 N–H and O–H groups in total. The molecule has 2 aromatic carbocycles. The number of ketones is 1. The second kappa shape index (κ2) is 10.5. The minimum Gasteiger partial charge on any atom is -0.506 e. The fourth-order valence-electron chi connectivity index (χ4n) is 3.93. The maximum absolute atomic E-state index is 12.2. The van der Waals surface area contributed by atoms with E-state index < -0.39 is 11.6 Å². The van der Waals surface area contributed by atoms with E-state index in [2.05, 4.69) is 10.1 Å². The van der Waals surface area contributed by atoms with Gasteiger partial charge in [0.1, 0.15) is 11.8 Å². The van der Waals surface area contributed by atoms with Crippen LogP contribution in [0.2, 0.25) is 0 Å². The zero-order valence-electron chi connectivity index (χ0n) is 19.3. The number of nitrogens with zero attached hydrogens (tertiary/aromatic N) is 3. The minimum absolute atomic E-state index is 0.0599. The lowest BCUT2D eigenvalue weighted by Gasteiger charge is -2.35. The number of aliphatic imine (C=N–C) groups is 1. The van der Waals surface area contributed by atoms with E-state index in [9.17, 15) is 15.0 Å². The fourth-order valence-corrected chi connectivity index (χ4v) is 3.93. The number of nitrogens with one attached hydrogen (secondary N) is 2. The van der Waals surface area contributed by atoms with Crippen molar-refractivity contribution in [1.82, 2.24) is 0 Å². The van der Waals surface area contributed by atoms with Gasteiger partial charge in [0.05, 0.1) is 30.2 Å². The normalized spacial score (nSPS) is 19.5. The summed E-state index contributed by atoms with van der Waals surface area (Å²) >= 11 is 0. The van der Waals surface area contributed by atoms with Crippen LogP contribution >= 0.6 is 0 Å². The maximum atomic E-state index is 12.2. The van der Waals surface area contributed by atoms with Crippen LogP contribution in [-0.2, 0) is 10.4 Å². The molecule has 0 saturated carbocycles. The van der Waals surface area contributed by atoms with Gasteiger partial charge in [-0.2, -0.15) is 5.11 Å². The summed E-state index contributed by atoms with van der Waals surface area (Å²) < 4.78 is 0. The van der Waals surface area contributed by atoms with Gasteiger partial charge in [-0.05, 0) is 48.6 Å². The Morgan fingerprint density at radius 3 is 2.68 bits per heavy atom. The molecule has 0 saturated heterocycles. The predicted molar refractivity (Wildman–Crippen MR) is 132 cm³/mol. The number of aliphatic hydroxyl groups is 1. The summed E-state index contributed by atoms with van der Waals surface area (Å²) in [6.45, 7) is 3.42. The van der Waals surface area contributed by atoms with E-state index in [1.807, 2.05) is 19.9 Å². The number of rotatable bonds is 9. The maximum Gasteiger partial charge on any atom is 0.199 e. The van der Waals surface area contributed by atoms with Gasteiger partial charge in [0.15, 0.2) is 11.4 Å². The summed E-state index contributed by atoms with van der Waals surface area (Å²) in [5.41, 5.74) is 7.42. The highest BCUT2D eigenvalue weighted by molar-refractivity contribution is 6.44. The van der Waals surface area contributed by atoms with Crippen molar-refractivity contribution in [3.63, 3.8) is 0 Å². The number of nitrogens with two attached hydrogens (primary N) is 1. The lowest BCUT2D eigenvalue weighted by Crippen LogP contribution is -2.52. The highest BCUT2D eigenvalue weighted by Gasteiger charge is 2.43. The molecule has 3 unspecified atom stereocenters. The number of allylic oxidation sites excluding steroid dienone is 2. The Kier molecular flexibility index (Phi) is 7.70. The monoisotopic (exact) mass is 462 g/mol. The highest BCUT2D eigenvalue weighted by Crippen LogP contribution is 2.32. The molecule has 9 nitrogen and oxygen atoms in total. The Bertz CT molecular complexity index is 1130. The van der Waals surface area contributed by atoms with Crippen molar-refractivity contribution >= 4 is 22.9 Å². The summed E-state index contributed by atoms with van der Waals surface area (Å²) in [7, 11) is 0. The van der Waals surface area contributed by atoms with Gasteiger partial charge >= 0.3 is 0 Å². The molecule has 0 amide bonds. The van der Waals surface area contributed by atoms with E-state index in [0.29, 0.717) is 23.4 Å². The van der Waals surface area contributed by atoms with Crippen molar-refractivity contribution in [2.24, 2.45) is 21.9 Å². The first-order valence-corrected chi connectivity index (χ1v) is 11.0. The van der Waals surface area contributed by atoms with E-state index in [-0.39, 0.29) is 36.3 Å². The second-order valence-corrected chi connectivity index (χ2v) is 8.57. The van der Waals surface area contributed by atoms with Crippen LogP contribution in [0.5, 0.6) is 5.75 Å². The number of phenols is 1. The number of hydrogen-bond donors (Lipinski definition) is 5. The number of hydrazine groups is 1. The number of hydrogen-bond acceptors (Lipinski definition) is 9. The molecule has 0 bridgehead atoms. The van der Waals surface area contributed by atoms with Gasteiger partial charge in [0.25, 0.3) is 0 Å². The minimum atomic E-state index is -2.01. The van der Waals surface area contributed by atoms with Crippen LogP contribution < -0.4 is 10.9 Å². The number of benzene rings is 2. The van der Waals surface area contributed by atoms with Gasteiger partial charge < -0.3 is 20.6 Å². The average Bonchev–Trinajstić information content (AvgIpc) is 2.83. The van der Waals surface area contributed by atoms with E-state index in [4.69, 9.17) is 16.8 Å². The van der Waals surface area contributed by atoms with Crippen LogP contribution in [0.4, 0.5) is 5.69 Å². The average molecular weight is 463 g/mol. The Morgan fingerprint density at radius 1 is 1.29 bits per heavy atom. The molecule has 9 heteroatoms. The molecule has 3 atom stereocenters. The van der Waals surface area contributed by atoms with E-state index >= 15 is 0 Å². The van der Waals surface area contributed by atoms with Gasteiger partial charge in [0.2, 0.25) is 0 Å². The van der Waals surface area contributed by atoms with Crippen LogP contribution in [0.1, 0.15) is 24.5 Å². The van der Waals surface area contributed by atoms with Crippen molar-refractivity contribution in [3.05, 3.63) is 71.8 Å². The lowest BCUT2D eigenvalue weighted by atomic mass is 9.81. The first kappa shape index (κ1) is 24.9. The van der Waals surface area contributed by atoms with Gasteiger partial charge in [-0.1, -0.05) is 49.4 Å². The Morgan fingerprint density at radius 2 is 2.00 bits per heavy atom. The third-order valence-corrected chi connectivity index (χ3v) is 5.91. The summed E-state index contributed by atoms with van der Waals surface area (Å²) in [6, 6.07) is 12.2. The molecule has 0 fully saturated rings. The SMILES string of the molecule is Cc1ccc(O)c(N(N)CC(=N)C(O)(c2ccccc2)C(CN=C2CC(C)C=CC2=O)N=N)c1. The molecule has 3 rings (SSSR count). The number of aryl methyl sites for hydroxylation is 1. The third kappa shape index (κ3) is 5.27. The zero-order chi connectivity index (χ0) is 24.9. The molecular formula is C25H30N6O3. The standard InChI is InChI=1S/C25H30N6O3/c1-16-8-10-21(32)19(12-16)29-14-24(30-27)25(34,18-6-4-3-5-7-18)23(26)15-31(28)20-13-17(2)9-11-22(20)33/h3-11,13,16,24,26-27,33-34H,12,14-15,28H2,1-2H3. The number of anilines is 1. The summed E-state index contributed by atoms with van der Waals surface area (Å²) in [5, 5.41) is 35.6. The Balaban J connectivity index is 1.94. The second-order valence-electron chi connectivity index (χ2n) is 8.57. The van der Waals surface area contributed by atoms with Gasteiger partial charge in [-0.15, -0.1) is 0 Å². The van der Waals surface area contributed by atoms with Crippen molar-refractivity contribution in [2.75, 3.05) is 18.1 Å². The molecule has 0 aliphatic heterocycles. The molecule has 0 spiro atoms. The van der Waals surface area contributed by atoms with Crippen molar-refractivity contribution in [1.29, 1.82) is 10.9 Å². The molecule has 1 aliphatic carbocycles. The number of carbonyl (C=O) groups excluding carboxylic acids is 1. The fraction of sp³-hybridized carbons (Fsp3) is 0.320. The largest absolute Gasteiger partial charge is 0.506 e. The van der Waals surface area contributed by atoms with Gasteiger partial charge in [0, 0.05) is 0 Å². The number of aromatic hydroxyl groups is 1. The van der Waals surface area contributed by atoms with Crippen LogP contribution in [0.15, 0.2) is 70.8 Å². The van der Waals surface area contributed by atoms with Gasteiger partial charge in [-0.25, -0.2) is 11.4 Å². The first-order valence-electron chi connectivity index (χ1n) is 11.0. The number of carbonyl (C=O) groups is 1. The molecule has 2 aromatic rings. The van der Waals surface area contributed by atoms with Crippen molar-refractivity contribution in [2.45, 2.75) is 31.9 Å². The summed E-state index contributed by atoms with van der Waals surface area (Å²) in [4.78, 5) is 16.6. The molecule has 0 radical (unpaired) electrons. The van der Waals surface area contributed by atoms with Crippen LogP contribution in [0.25, 0.3) is 0 Å². The molecular weight excluding hydrogens is 432 g/mol. The Labute approximate surface area is 198 Å². The lowest BCUT2D eigenvalue weighted by molar-refractivity contribution is -0.109. The molecule has 1 aliphatic rings. The topological polar surface area (TPSA) is 159 Å². The highest BCUT2D eigenvalue weighted by atomic mass is 16.3. The first-order chi connectivity index (χ1) is 16.2. The smallest absolute Gasteiger partial charge is 0.199 e. The zero-order valence-corrected chi connectivity index (χ0v) is 19.3. The van der Waals surface area contributed by atoms with Crippen LogP contribution in [0.3, 0.4) is 0 Å². The molecule has 0 heterocycles. The van der Waals surface area contributed by atoms with E-state index in [1.165, 1.54) is 17.2 Å². The van der Waals surface area contributed by atoms with Crippen LogP contribution in [0, 0.1) is 23.8 Å². The molecule has 178 valence electrons. The van der Waals surface area contributed by atoms with Gasteiger partial charge in [-0.3, -0.25) is 9.79 Å². The summed E-state index contributed by atoms with van der Waals surface area (Å²) in [5.74, 6) is 6.06. The summed E-state index contributed by atoms with van der Waals surface area (Å²) in [6.07, 6.45) is 3.76.